The monoisotopic (exact) mass is 1170 g/mol. The Hall–Kier alpha value is -7.70. The molecule has 11 N–H and O–H groups in total. The van der Waals surface area contributed by atoms with Crippen LogP contribution in [0.2, 0.25) is 0 Å². The number of rotatable bonds is 38. The maximum atomic E-state index is 13.9. The molecule has 1 aromatic carbocycles. The van der Waals surface area contributed by atoms with Crippen molar-refractivity contribution in [3.8, 4) is 0 Å². The van der Waals surface area contributed by atoms with Gasteiger partial charge in [0, 0.05) is 115 Å². The Labute approximate surface area is 478 Å². The van der Waals surface area contributed by atoms with Crippen molar-refractivity contribution in [2.75, 3.05) is 91.8 Å². The number of hydrogen-bond acceptors (Lipinski definition) is 20. The number of carboxylic acid groups (broad SMARTS) is 4. The number of carbonyl (C=O) groups excluding carboxylic acids is 9. The average Bonchev–Trinajstić information content (AvgIpc) is 4.09. The highest BCUT2D eigenvalue weighted by Gasteiger charge is 2.35. The molecule has 0 bridgehead atoms. The maximum absolute atomic E-state index is 13.9. The number of aliphatic hydroxyl groups is 2. The molecule has 1 fully saturated rings. The summed E-state index contributed by atoms with van der Waals surface area (Å²) in [5.41, 5.74) is 0.974. The Kier molecular flexibility index (Phi) is 31.4. The van der Waals surface area contributed by atoms with Gasteiger partial charge in [0.05, 0.1) is 63.5 Å². The van der Waals surface area contributed by atoms with Gasteiger partial charge in [0.2, 0.25) is 23.6 Å². The Morgan fingerprint density at radius 3 is 1.72 bits per heavy atom. The molecule has 83 heavy (non-hydrogen) atoms. The number of aromatic amines is 1. The molecule has 7 atom stereocenters. The Bertz CT molecular complexity index is 2480. The second-order valence-corrected chi connectivity index (χ2v) is 20.3. The van der Waals surface area contributed by atoms with Crippen LogP contribution >= 0.6 is 0 Å². The lowest BCUT2D eigenvalue weighted by molar-refractivity contribution is -0.145. The van der Waals surface area contributed by atoms with Gasteiger partial charge in [-0.25, -0.2) is 9.78 Å². The van der Waals surface area contributed by atoms with E-state index in [1.54, 1.807) is 45.0 Å². The normalized spacial score (nSPS) is 16.6. The van der Waals surface area contributed by atoms with E-state index in [-0.39, 0.29) is 97.4 Å². The Morgan fingerprint density at radius 2 is 1.18 bits per heavy atom. The van der Waals surface area contributed by atoms with E-state index in [1.165, 1.54) is 19.4 Å². The van der Waals surface area contributed by atoms with Gasteiger partial charge in [-0.1, -0.05) is 30.3 Å². The molecular weight excluding hydrogens is 1090 g/mol. The highest BCUT2D eigenvalue weighted by atomic mass is 16.4. The first kappa shape index (κ1) is 69.6. The van der Waals surface area contributed by atoms with Crippen molar-refractivity contribution in [1.29, 1.82) is 0 Å². The first-order valence-corrected chi connectivity index (χ1v) is 27.2. The SMILES string of the molecule is C[C@H](NC(=O)[C@H](CC(=O)O)CC(=O)CCCNC(=O)CCC(C(=O)O)N1CCN(CC=O)CCN(CC=O)CCN(CC(=O)O)CC1)C(=O)C[C@@H](Cc1cnc[nH]1)C(=O)N[C@@H](CO)C(=O)C[C@@H](Cc1ccccc1)C(=O)N[C@@H](CO)C(=O)O. The summed E-state index contributed by atoms with van der Waals surface area (Å²) in [5, 5.41) is 68.3. The molecule has 0 spiro atoms. The topological polar surface area (TPSA) is 433 Å². The molecule has 458 valence electrons. The van der Waals surface area contributed by atoms with Crippen molar-refractivity contribution in [3.05, 3.63) is 54.1 Å². The first-order valence-electron chi connectivity index (χ1n) is 27.2. The number of nitrogens with one attached hydrogen (secondary N) is 5. The number of nitrogens with zero attached hydrogens (tertiary/aromatic N) is 5. The smallest absolute Gasteiger partial charge is 0.328 e. The molecule has 0 radical (unpaired) electrons. The van der Waals surface area contributed by atoms with Crippen LogP contribution in [0.3, 0.4) is 0 Å². The molecular formula is C54H78N10O19. The van der Waals surface area contributed by atoms with Crippen molar-refractivity contribution in [2.24, 2.45) is 17.8 Å². The van der Waals surface area contributed by atoms with E-state index in [1.807, 2.05) is 4.90 Å². The van der Waals surface area contributed by atoms with Crippen LogP contribution in [0, 0.1) is 17.8 Å². The van der Waals surface area contributed by atoms with Gasteiger partial charge in [0.1, 0.15) is 36.5 Å². The molecule has 3 rings (SSSR count). The van der Waals surface area contributed by atoms with E-state index in [2.05, 4.69) is 31.2 Å². The maximum Gasteiger partial charge on any atom is 0.328 e. The van der Waals surface area contributed by atoms with Gasteiger partial charge >= 0.3 is 23.9 Å². The summed E-state index contributed by atoms with van der Waals surface area (Å²) in [5.74, 6) is -14.6. The summed E-state index contributed by atoms with van der Waals surface area (Å²) >= 11 is 0. The third-order valence-corrected chi connectivity index (χ3v) is 14.0. The number of hydrogen-bond donors (Lipinski definition) is 11. The molecule has 29 nitrogen and oxygen atoms in total. The summed E-state index contributed by atoms with van der Waals surface area (Å²) in [7, 11) is 0. The quantitative estimate of drug-likeness (QED) is 0.0233. The van der Waals surface area contributed by atoms with Gasteiger partial charge in [0.25, 0.3) is 0 Å². The largest absolute Gasteiger partial charge is 0.481 e. The Morgan fingerprint density at radius 1 is 0.627 bits per heavy atom. The lowest BCUT2D eigenvalue weighted by atomic mass is 9.90. The summed E-state index contributed by atoms with van der Waals surface area (Å²) in [6.07, 6.45) is 0.807. The van der Waals surface area contributed by atoms with Crippen LogP contribution in [0.25, 0.3) is 0 Å². The molecule has 4 amide bonds. The van der Waals surface area contributed by atoms with Crippen molar-refractivity contribution in [3.63, 3.8) is 0 Å². The van der Waals surface area contributed by atoms with E-state index >= 15 is 0 Å². The summed E-state index contributed by atoms with van der Waals surface area (Å²) in [6, 6.07) is 2.57. The number of aliphatic hydroxyl groups excluding tert-OH is 2. The summed E-state index contributed by atoms with van der Waals surface area (Å²) in [4.78, 5) is 178. The van der Waals surface area contributed by atoms with Crippen LogP contribution in [0.15, 0.2) is 42.9 Å². The molecule has 1 saturated heterocycles. The molecule has 1 unspecified atom stereocenters. The fourth-order valence-electron chi connectivity index (χ4n) is 9.25. The van der Waals surface area contributed by atoms with E-state index in [9.17, 15) is 93.0 Å². The molecule has 0 aliphatic carbocycles. The van der Waals surface area contributed by atoms with Crippen LogP contribution in [0.5, 0.6) is 0 Å². The minimum Gasteiger partial charge on any atom is -0.481 e. The molecule has 1 aliphatic rings. The van der Waals surface area contributed by atoms with Gasteiger partial charge < -0.3 is 66.5 Å². The lowest BCUT2D eigenvalue weighted by Gasteiger charge is -2.35. The van der Waals surface area contributed by atoms with E-state index in [0.717, 1.165) is 6.29 Å². The van der Waals surface area contributed by atoms with Gasteiger partial charge in [-0.05, 0) is 31.7 Å². The number of ketones is 3. The number of carboxylic acids is 4. The molecule has 2 aromatic rings. The zero-order valence-electron chi connectivity index (χ0n) is 46.4. The van der Waals surface area contributed by atoms with Crippen molar-refractivity contribution in [2.45, 2.75) is 95.3 Å². The molecule has 0 saturated carbocycles. The number of aldehydes is 2. The average molecular weight is 1170 g/mol. The van der Waals surface area contributed by atoms with Gasteiger partial charge in [-0.3, -0.25) is 67.5 Å². The van der Waals surface area contributed by atoms with E-state index < -0.39 is 146 Å². The fraction of sp³-hybridized carbons (Fsp3) is 0.593. The number of aliphatic carboxylic acids is 4. The standard InChI is InChI=1S/C54H78N10O19/c1-35(45(70)27-38(25-40-30-55-34-57-40)52(79)59-42(32-67)46(71)28-37(24-36-6-3-2-4-7-36)51(78)60-43(33-68)53(80)81)58-50(77)39(29-48(73)74)26-41(69)8-5-11-56-47(72)10-9-44(54(82)83)64-18-16-62(21-23-66)13-12-61(20-22-65)14-15-63(17-19-64)31-49(75)76/h2-4,6-7,22-23,30,34-35,37-39,42-44,67-68H,5,8-21,24-29,31-33H2,1H3,(H,55,57)(H,56,72)(H,58,77)(H,59,79)(H,60,78)(H,73,74)(H,75,76)(H,80,81)(H,82,83)/t35-,37+,38+,39-,42-,43-,44?/m0/s1. The number of benzene rings is 1. The second kappa shape index (κ2) is 37.4. The van der Waals surface area contributed by atoms with Crippen LogP contribution in [-0.2, 0) is 75.2 Å². The second-order valence-electron chi connectivity index (χ2n) is 20.3. The predicted octanol–water partition coefficient (Wildman–Crippen LogP) is -3.23. The van der Waals surface area contributed by atoms with Crippen LogP contribution in [0.4, 0.5) is 0 Å². The molecule has 2 heterocycles. The summed E-state index contributed by atoms with van der Waals surface area (Å²) in [6.45, 7) is 1.21. The third kappa shape index (κ3) is 26.4. The van der Waals surface area contributed by atoms with Crippen LogP contribution in [-0.4, -0.2) is 254 Å². The summed E-state index contributed by atoms with van der Waals surface area (Å²) < 4.78 is 0. The predicted molar refractivity (Wildman–Crippen MR) is 291 cm³/mol. The van der Waals surface area contributed by atoms with Gasteiger partial charge in [-0.15, -0.1) is 0 Å². The molecule has 1 aliphatic heterocycles. The highest BCUT2D eigenvalue weighted by molar-refractivity contribution is 5.97. The first-order chi connectivity index (χ1) is 39.6. The lowest BCUT2D eigenvalue weighted by Crippen LogP contribution is -2.51. The number of aromatic nitrogens is 2. The molecule has 1 aromatic heterocycles. The zero-order chi connectivity index (χ0) is 61.4. The van der Waals surface area contributed by atoms with Crippen LogP contribution < -0.4 is 21.3 Å². The van der Waals surface area contributed by atoms with Crippen molar-refractivity contribution in [1.82, 2.24) is 50.8 Å². The van der Waals surface area contributed by atoms with E-state index in [0.29, 0.717) is 37.2 Å². The van der Waals surface area contributed by atoms with Gasteiger partial charge in [-0.2, -0.15) is 0 Å². The van der Waals surface area contributed by atoms with Crippen LogP contribution in [0.1, 0.15) is 69.5 Å². The number of H-pyrrole nitrogens is 1. The fourth-order valence-corrected chi connectivity index (χ4v) is 9.25. The third-order valence-electron chi connectivity index (χ3n) is 14.0. The minimum absolute atomic E-state index is 0.0476. The zero-order valence-corrected chi connectivity index (χ0v) is 46.4. The molecule has 29 heteroatoms. The van der Waals surface area contributed by atoms with Crippen molar-refractivity contribution >= 4 is 77.4 Å². The number of amides is 4. The highest BCUT2D eigenvalue weighted by Crippen LogP contribution is 2.19. The number of carbonyl (C=O) groups is 13. The number of imidazole rings is 1. The van der Waals surface area contributed by atoms with E-state index in [4.69, 9.17) is 0 Å². The van der Waals surface area contributed by atoms with Gasteiger partial charge in [0.15, 0.2) is 11.6 Å². The Balaban J connectivity index is 1.61. The minimum atomic E-state index is -1.68. The van der Waals surface area contributed by atoms with Crippen molar-refractivity contribution < 1.29 is 93.0 Å². The number of Topliss-reactive ketones (excluding diaryl/α,β-unsaturated/α-hetero) is 3.